The molecule has 0 atom stereocenters. The molecule has 3 rings (SSSR count). The molecule has 7 nitrogen and oxygen atoms in total. The van der Waals surface area contributed by atoms with E-state index in [1.807, 2.05) is 6.07 Å². The Labute approximate surface area is 176 Å². The number of amides is 1. The zero-order valence-corrected chi connectivity index (χ0v) is 17.6. The Kier molecular flexibility index (Phi) is 7.38. The van der Waals surface area contributed by atoms with Crippen molar-refractivity contribution in [2.24, 2.45) is 5.92 Å². The van der Waals surface area contributed by atoms with Gasteiger partial charge in [0.2, 0.25) is 0 Å². The summed E-state index contributed by atoms with van der Waals surface area (Å²) >= 11 is 0. The van der Waals surface area contributed by atoms with Crippen LogP contribution in [-0.4, -0.2) is 40.1 Å². The lowest BCUT2D eigenvalue weighted by molar-refractivity contribution is -0.141. The maximum absolute atomic E-state index is 12.4. The van der Waals surface area contributed by atoms with E-state index in [1.165, 1.54) is 5.56 Å². The highest BCUT2D eigenvalue weighted by molar-refractivity contribution is 5.96. The third-order valence-electron chi connectivity index (χ3n) is 5.61. The van der Waals surface area contributed by atoms with Crippen molar-refractivity contribution in [2.45, 2.75) is 51.9 Å². The Bertz CT molecular complexity index is 878. The van der Waals surface area contributed by atoms with Crippen molar-refractivity contribution < 1.29 is 19.4 Å². The highest BCUT2D eigenvalue weighted by Gasteiger charge is 2.25. The van der Waals surface area contributed by atoms with Crippen LogP contribution in [0.3, 0.4) is 0 Å². The summed E-state index contributed by atoms with van der Waals surface area (Å²) in [5, 5.41) is 12.7. The van der Waals surface area contributed by atoms with Crippen LogP contribution < -0.4 is 5.32 Å². The molecule has 0 saturated heterocycles. The van der Waals surface area contributed by atoms with E-state index in [0.29, 0.717) is 29.8 Å². The van der Waals surface area contributed by atoms with Crippen molar-refractivity contribution >= 4 is 11.9 Å². The minimum atomic E-state index is -0.611. The van der Waals surface area contributed by atoms with Crippen LogP contribution in [-0.2, 0) is 16.0 Å². The summed E-state index contributed by atoms with van der Waals surface area (Å²) in [7, 11) is 0. The summed E-state index contributed by atoms with van der Waals surface area (Å²) in [6.45, 7) is 3.31. The smallest absolute Gasteiger partial charge is 0.325 e. The molecule has 1 aliphatic carbocycles. The number of benzene rings is 1. The largest absolute Gasteiger partial charge is 0.504 e. The monoisotopic (exact) mass is 411 g/mol. The standard InChI is InChI=1S/C23H29N3O4/c1-3-30-20(27)14-24-23(29)21-22(28)15(2)25-19(26-21)13-16-9-11-18(12-10-16)17-7-5-4-6-8-17/h4-8,16,18,28H,3,9-14H2,1-2H3,(H,24,29). The molecule has 0 bridgehead atoms. The first kappa shape index (κ1) is 21.7. The Morgan fingerprint density at radius 1 is 1.13 bits per heavy atom. The number of esters is 1. The van der Waals surface area contributed by atoms with E-state index in [9.17, 15) is 14.7 Å². The van der Waals surface area contributed by atoms with E-state index in [-0.39, 0.29) is 24.6 Å². The van der Waals surface area contributed by atoms with Gasteiger partial charge in [-0.3, -0.25) is 9.59 Å². The Morgan fingerprint density at radius 3 is 2.50 bits per heavy atom. The molecule has 1 aromatic carbocycles. The normalized spacial score (nSPS) is 18.6. The van der Waals surface area contributed by atoms with Crippen molar-refractivity contribution in [3.05, 3.63) is 53.1 Å². The van der Waals surface area contributed by atoms with E-state index < -0.39 is 11.9 Å². The number of aromatic hydroxyl groups is 1. The summed E-state index contributed by atoms with van der Waals surface area (Å²) < 4.78 is 4.80. The molecule has 160 valence electrons. The molecule has 1 aliphatic rings. The average Bonchev–Trinajstić information content (AvgIpc) is 2.76. The number of aryl methyl sites for hydroxylation is 1. The molecule has 1 aromatic heterocycles. The summed E-state index contributed by atoms with van der Waals surface area (Å²) in [6, 6.07) is 10.6. The van der Waals surface area contributed by atoms with Crippen molar-refractivity contribution in [3.63, 3.8) is 0 Å². The fourth-order valence-corrected chi connectivity index (χ4v) is 4.01. The first-order chi connectivity index (χ1) is 14.5. The third kappa shape index (κ3) is 5.55. The molecule has 1 saturated carbocycles. The van der Waals surface area contributed by atoms with Gasteiger partial charge < -0.3 is 15.2 Å². The van der Waals surface area contributed by atoms with Crippen molar-refractivity contribution in [1.82, 2.24) is 15.3 Å². The van der Waals surface area contributed by atoms with E-state index in [0.717, 1.165) is 25.7 Å². The van der Waals surface area contributed by atoms with Gasteiger partial charge in [0.1, 0.15) is 12.4 Å². The zero-order valence-electron chi connectivity index (χ0n) is 17.6. The molecular formula is C23H29N3O4. The Balaban J connectivity index is 1.61. The summed E-state index contributed by atoms with van der Waals surface area (Å²) in [5.74, 6) is 0.188. The predicted octanol–water partition coefficient (Wildman–Crippen LogP) is 3.30. The van der Waals surface area contributed by atoms with Gasteiger partial charge in [0, 0.05) is 6.42 Å². The van der Waals surface area contributed by atoms with Crippen LogP contribution in [0.25, 0.3) is 0 Å². The second-order valence-electron chi connectivity index (χ2n) is 7.74. The molecule has 0 spiro atoms. The number of nitrogens with one attached hydrogen (secondary N) is 1. The lowest BCUT2D eigenvalue weighted by Crippen LogP contribution is -2.31. The van der Waals surface area contributed by atoms with Gasteiger partial charge in [0.25, 0.3) is 5.91 Å². The maximum atomic E-state index is 12.4. The number of nitrogens with zero attached hydrogens (tertiary/aromatic N) is 2. The van der Waals surface area contributed by atoms with Gasteiger partial charge in [-0.2, -0.15) is 0 Å². The van der Waals surface area contributed by atoms with E-state index >= 15 is 0 Å². The molecule has 30 heavy (non-hydrogen) atoms. The second-order valence-corrected chi connectivity index (χ2v) is 7.74. The van der Waals surface area contributed by atoms with Crippen LogP contribution in [0.1, 0.15) is 66.1 Å². The van der Waals surface area contributed by atoms with Crippen LogP contribution in [0.15, 0.2) is 30.3 Å². The predicted molar refractivity (Wildman–Crippen MR) is 112 cm³/mol. The van der Waals surface area contributed by atoms with E-state index in [2.05, 4.69) is 39.6 Å². The van der Waals surface area contributed by atoms with E-state index in [4.69, 9.17) is 4.74 Å². The third-order valence-corrected chi connectivity index (χ3v) is 5.61. The molecule has 0 aliphatic heterocycles. The van der Waals surface area contributed by atoms with Gasteiger partial charge in [-0.25, -0.2) is 9.97 Å². The van der Waals surface area contributed by atoms with Crippen LogP contribution in [0.5, 0.6) is 5.75 Å². The zero-order chi connectivity index (χ0) is 21.5. The molecule has 7 heteroatoms. The number of hydrogen-bond donors (Lipinski definition) is 2. The number of carbonyl (C=O) groups is 2. The first-order valence-electron chi connectivity index (χ1n) is 10.5. The van der Waals surface area contributed by atoms with Gasteiger partial charge in [-0.1, -0.05) is 30.3 Å². The number of hydrogen-bond acceptors (Lipinski definition) is 6. The quantitative estimate of drug-likeness (QED) is 0.678. The maximum Gasteiger partial charge on any atom is 0.325 e. The summed E-state index contributed by atoms with van der Waals surface area (Å²) in [4.78, 5) is 32.5. The Hall–Kier alpha value is -2.96. The molecule has 1 heterocycles. The topological polar surface area (TPSA) is 101 Å². The summed E-state index contributed by atoms with van der Waals surface area (Å²) in [6.07, 6.45) is 5.07. The number of rotatable bonds is 7. The Morgan fingerprint density at radius 2 is 1.83 bits per heavy atom. The van der Waals surface area contributed by atoms with Crippen molar-refractivity contribution in [1.29, 1.82) is 0 Å². The number of ether oxygens (including phenoxy) is 1. The molecule has 0 radical (unpaired) electrons. The SMILES string of the molecule is CCOC(=O)CNC(=O)c1nc(CC2CCC(c3ccccc3)CC2)nc(C)c1O. The first-order valence-corrected chi connectivity index (χ1v) is 10.5. The van der Waals surface area contributed by atoms with Crippen molar-refractivity contribution in [3.8, 4) is 5.75 Å². The molecule has 1 amide bonds. The van der Waals surface area contributed by atoms with Gasteiger partial charge in [-0.05, 0) is 56.9 Å². The fraction of sp³-hybridized carbons (Fsp3) is 0.478. The van der Waals surface area contributed by atoms with Gasteiger partial charge >= 0.3 is 5.97 Å². The number of carbonyl (C=O) groups excluding carboxylic acids is 2. The van der Waals surface area contributed by atoms with E-state index in [1.54, 1.807) is 13.8 Å². The highest BCUT2D eigenvalue weighted by atomic mass is 16.5. The molecular weight excluding hydrogens is 382 g/mol. The average molecular weight is 412 g/mol. The summed E-state index contributed by atoms with van der Waals surface area (Å²) in [5.41, 5.74) is 1.66. The van der Waals surface area contributed by atoms with Gasteiger partial charge in [-0.15, -0.1) is 0 Å². The second kappa shape index (κ2) is 10.2. The van der Waals surface area contributed by atoms with Crippen LogP contribution >= 0.6 is 0 Å². The van der Waals surface area contributed by atoms with Crippen LogP contribution in [0.4, 0.5) is 0 Å². The molecule has 0 unspecified atom stereocenters. The minimum absolute atomic E-state index is 0.0974. The van der Waals surface area contributed by atoms with Crippen LogP contribution in [0, 0.1) is 12.8 Å². The lowest BCUT2D eigenvalue weighted by Gasteiger charge is -2.28. The number of aromatic nitrogens is 2. The van der Waals surface area contributed by atoms with Gasteiger partial charge in [0.05, 0.1) is 12.3 Å². The van der Waals surface area contributed by atoms with Gasteiger partial charge in [0.15, 0.2) is 11.4 Å². The molecule has 2 N–H and O–H groups in total. The fourth-order valence-electron chi connectivity index (χ4n) is 4.01. The highest BCUT2D eigenvalue weighted by Crippen LogP contribution is 2.36. The molecule has 1 fully saturated rings. The minimum Gasteiger partial charge on any atom is -0.504 e. The van der Waals surface area contributed by atoms with Crippen LogP contribution in [0.2, 0.25) is 0 Å². The van der Waals surface area contributed by atoms with Crippen molar-refractivity contribution in [2.75, 3.05) is 13.2 Å². The lowest BCUT2D eigenvalue weighted by atomic mass is 9.77. The molecule has 2 aromatic rings.